The van der Waals surface area contributed by atoms with E-state index in [0.29, 0.717) is 11.3 Å². The fourth-order valence-electron chi connectivity index (χ4n) is 1.18. The highest BCUT2D eigenvalue weighted by atomic mass is 19.1. The monoisotopic (exact) mass is 227 g/mol. The highest BCUT2D eigenvalue weighted by molar-refractivity contribution is 5.75. The van der Waals surface area contributed by atoms with Crippen LogP contribution < -0.4 is 10.1 Å². The zero-order valence-corrected chi connectivity index (χ0v) is 9.00. The van der Waals surface area contributed by atoms with E-state index >= 15 is 0 Å². The minimum Gasteiger partial charge on any atom is -0.493 e. The summed E-state index contributed by atoms with van der Waals surface area (Å²) >= 11 is 0. The van der Waals surface area contributed by atoms with E-state index in [4.69, 9.17) is 9.84 Å². The Kier molecular flexibility index (Phi) is 4.72. The number of benzene rings is 1. The fourth-order valence-corrected chi connectivity index (χ4v) is 1.18. The van der Waals surface area contributed by atoms with Crippen LogP contribution in [0.1, 0.15) is 12.0 Å². The maximum absolute atomic E-state index is 13.0. The molecule has 5 heteroatoms. The van der Waals surface area contributed by atoms with E-state index < -0.39 is 5.82 Å². The Morgan fingerprint density at radius 3 is 2.88 bits per heavy atom. The van der Waals surface area contributed by atoms with Crippen LogP contribution in [-0.2, 0) is 11.4 Å². The first-order valence-corrected chi connectivity index (χ1v) is 4.89. The number of hydrogen-bond donors (Lipinski definition) is 2. The molecule has 1 aromatic rings. The average Bonchev–Trinajstić information content (AvgIpc) is 2.28. The Balaban J connectivity index is 2.53. The number of carbonyl (C=O) groups is 1. The lowest BCUT2D eigenvalue weighted by Gasteiger charge is -2.07. The average molecular weight is 227 g/mol. The van der Waals surface area contributed by atoms with Gasteiger partial charge in [0.05, 0.1) is 19.6 Å². The summed E-state index contributed by atoms with van der Waals surface area (Å²) in [6, 6.07) is 3.97. The zero-order chi connectivity index (χ0) is 12.0. The summed E-state index contributed by atoms with van der Waals surface area (Å²) in [5, 5.41) is 11.3. The van der Waals surface area contributed by atoms with Crippen molar-refractivity contribution in [3.63, 3.8) is 0 Å². The number of hydrogen-bond acceptors (Lipinski definition) is 3. The molecule has 0 spiro atoms. The number of aliphatic hydroxyl groups is 1. The van der Waals surface area contributed by atoms with Gasteiger partial charge in [-0.25, -0.2) is 4.39 Å². The fraction of sp³-hybridized carbons (Fsp3) is 0.364. The van der Waals surface area contributed by atoms with Crippen LogP contribution in [0.15, 0.2) is 18.2 Å². The van der Waals surface area contributed by atoms with Crippen molar-refractivity contribution < 1.29 is 19.0 Å². The third kappa shape index (κ3) is 3.86. The van der Waals surface area contributed by atoms with Gasteiger partial charge in [-0.15, -0.1) is 0 Å². The zero-order valence-electron chi connectivity index (χ0n) is 9.00. The molecule has 0 fully saturated rings. The topological polar surface area (TPSA) is 58.6 Å². The molecule has 0 radical (unpaired) electrons. The number of amides is 1. The van der Waals surface area contributed by atoms with Gasteiger partial charge in [0.1, 0.15) is 11.6 Å². The summed E-state index contributed by atoms with van der Waals surface area (Å²) < 4.78 is 18.2. The number of carbonyl (C=O) groups excluding carboxylic acids is 1. The predicted molar refractivity (Wildman–Crippen MR) is 56.5 cm³/mol. The van der Waals surface area contributed by atoms with E-state index in [0.717, 1.165) is 0 Å². The van der Waals surface area contributed by atoms with Crippen LogP contribution in [0.25, 0.3) is 0 Å². The number of aliphatic hydroxyl groups excluding tert-OH is 1. The molecule has 1 aromatic carbocycles. The third-order valence-corrected chi connectivity index (χ3v) is 1.99. The Hall–Kier alpha value is -1.62. The van der Waals surface area contributed by atoms with Crippen molar-refractivity contribution in [3.8, 4) is 5.75 Å². The summed E-state index contributed by atoms with van der Waals surface area (Å²) in [6.45, 7) is -0.0719. The SMILES string of the molecule is CNC(=O)CCOc1cc(F)cc(CO)c1. The maximum Gasteiger partial charge on any atom is 0.223 e. The van der Waals surface area contributed by atoms with Gasteiger partial charge in [-0.2, -0.15) is 0 Å². The van der Waals surface area contributed by atoms with Gasteiger partial charge in [0.2, 0.25) is 5.91 Å². The molecule has 88 valence electrons. The lowest BCUT2D eigenvalue weighted by molar-refractivity contribution is -0.121. The first-order valence-electron chi connectivity index (χ1n) is 4.89. The van der Waals surface area contributed by atoms with Crippen molar-refractivity contribution >= 4 is 5.91 Å². The van der Waals surface area contributed by atoms with Crippen LogP contribution in [0, 0.1) is 5.82 Å². The van der Waals surface area contributed by atoms with E-state index in [-0.39, 0.29) is 25.5 Å². The lowest BCUT2D eigenvalue weighted by atomic mass is 10.2. The Bertz CT molecular complexity index is 368. The molecule has 0 aromatic heterocycles. The van der Waals surface area contributed by atoms with Crippen molar-refractivity contribution in [1.82, 2.24) is 5.32 Å². The number of halogens is 1. The summed E-state index contributed by atoms with van der Waals surface area (Å²) in [7, 11) is 1.54. The van der Waals surface area contributed by atoms with E-state index in [1.807, 2.05) is 0 Å². The minimum absolute atomic E-state index is 0.140. The second-order valence-electron chi connectivity index (χ2n) is 3.22. The van der Waals surface area contributed by atoms with Crippen LogP contribution in [0.5, 0.6) is 5.75 Å². The highest BCUT2D eigenvalue weighted by Crippen LogP contribution is 2.16. The smallest absolute Gasteiger partial charge is 0.223 e. The van der Waals surface area contributed by atoms with Gasteiger partial charge in [-0.05, 0) is 17.7 Å². The third-order valence-electron chi connectivity index (χ3n) is 1.99. The lowest BCUT2D eigenvalue weighted by Crippen LogP contribution is -2.20. The van der Waals surface area contributed by atoms with Gasteiger partial charge in [-0.3, -0.25) is 4.79 Å². The molecule has 0 aliphatic rings. The molecule has 2 N–H and O–H groups in total. The Labute approximate surface area is 93.0 Å². The number of ether oxygens (including phenoxy) is 1. The molecule has 0 aliphatic carbocycles. The molecular weight excluding hydrogens is 213 g/mol. The molecule has 0 heterocycles. The van der Waals surface area contributed by atoms with E-state index in [2.05, 4.69) is 5.32 Å². The van der Waals surface area contributed by atoms with Crippen molar-refractivity contribution in [2.45, 2.75) is 13.0 Å². The normalized spacial score (nSPS) is 9.94. The van der Waals surface area contributed by atoms with Crippen molar-refractivity contribution in [2.24, 2.45) is 0 Å². The Morgan fingerprint density at radius 1 is 1.50 bits per heavy atom. The quantitative estimate of drug-likeness (QED) is 0.783. The van der Waals surface area contributed by atoms with Crippen LogP contribution in [0.4, 0.5) is 4.39 Å². The van der Waals surface area contributed by atoms with Crippen LogP contribution >= 0.6 is 0 Å². The molecule has 16 heavy (non-hydrogen) atoms. The summed E-state index contributed by atoms with van der Waals surface area (Å²) in [5.74, 6) is -0.298. The molecule has 1 amide bonds. The molecule has 0 unspecified atom stereocenters. The van der Waals surface area contributed by atoms with Crippen LogP contribution in [0.2, 0.25) is 0 Å². The van der Waals surface area contributed by atoms with Crippen molar-refractivity contribution in [2.75, 3.05) is 13.7 Å². The first-order chi connectivity index (χ1) is 7.65. The number of rotatable bonds is 5. The van der Waals surface area contributed by atoms with Crippen LogP contribution in [-0.4, -0.2) is 24.7 Å². The van der Waals surface area contributed by atoms with Gasteiger partial charge in [0, 0.05) is 13.1 Å². The first kappa shape index (κ1) is 12.4. The van der Waals surface area contributed by atoms with Crippen molar-refractivity contribution in [1.29, 1.82) is 0 Å². The highest BCUT2D eigenvalue weighted by Gasteiger charge is 2.03. The minimum atomic E-state index is -0.471. The maximum atomic E-state index is 13.0. The van der Waals surface area contributed by atoms with Crippen LogP contribution in [0.3, 0.4) is 0 Å². The second-order valence-corrected chi connectivity index (χ2v) is 3.22. The van der Waals surface area contributed by atoms with E-state index in [1.54, 1.807) is 0 Å². The van der Waals surface area contributed by atoms with Crippen molar-refractivity contribution in [3.05, 3.63) is 29.6 Å². The number of nitrogens with one attached hydrogen (secondary N) is 1. The molecule has 0 bridgehead atoms. The molecule has 4 nitrogen and oxygen atoms in total. The summed E-state index contributed by atoms with van der Waals surface area (Å²) in [4.78, 5) is 10.9. The van der Waals surface area contributed by atoms with Gasteiger partial charge in [-0.1, -0.05) is 0 Å². The Morgan fingerprint density at radius 2 is 2.25 bits per heavy atom. The molecular formula is C11H14FNO3. The molecule has 1 rings (SSSR count). The largest absolute Gasteiger partial charge is 0.493 e. The van der Waals surface area contributed by atoms with Gasteiger partial charge in [0.15, 0.2) is 0 Å². The molecule has 0 aliphatic heterocycles. The summed E-state index contributed by atoms with van der Waals surface area (Å²) in [5.41, 5.74) is 0.440. The molecule has 0 atom stereocenters. The van der Waals surface area contributed by atoms with Gasteiger partial charge in [0.25, 0.3) is 0 Å². The second kappa shape index (κ2) is 6.07. The van der Waals surface area contributed by atoms with E-state index in [1.165, 1.54) is 25.2 Å². The summed E-state index contributed by atoms with van der Waals surface area (Å²) in [6.07, 6.45) is 0.210. The molecule has 0 saturated carbocycles. The molecule has 0 saturated heterocycles. The standard InChI is InChI=1S/C11H14FNO3/c1-13-11(15)2-3-16-10-5-8(7-14)4-9(12)6-10/h4-6,14H,2-3,7H2,1H3,(H,13,15). The van der Waals surface area contributed by atoms with E-state index in [9.17, 15) is 9.18 Å². The predicted octanol–water partition coefficient (Wildman–Crippen LogP) is 0.833. The van der Waals surface area contributed by atoms with Gasteiger partial charge < -0.3 is 15.2 Å². The van der Waals surface area contributed by atoms with Gasteiger partial charge >= 0.3 is 0 Å².